The number of rotatable bonds is 7. The van der Waals surface area contributed by atoms with Crippen molar-refractivity contribution in [2.75, 3.05) is 17.3 Å². The molecular formula is C18H23N3O4S. The minimum atomic E-state index is -3.16. The Kier molecular flexibility index (Phi) is 6.33. The number of benzene rings is 1. The number of aromatic nitrogens is 1. The van der Waals surface area contributed by atoms with E-state index >= 15 is 0 Å². The average Bonchev–Trinajstić information content (AvgIpc) is 2.57. The number of aryl methyl sites for hydroxylation is 2. The van der Waals surface area contributed by atoms with Crippen LogP contribution in [0.25, 0.3) is 0 Å². The lowest BCUT2D eigenvalue weighted by Crippen LogP contribution is -2.37. The zero-order valence-corrected chi connectivity index (χ0v) is 15.8. The van der Waals surface area contributed by atoms with Gasteiger partial charge < -0.3 is 15.8 Å². The van der Waals surface area contributed by atoms with Crippen molar-refractivity contribution in [3.63, 3.8) is 0 Å². The van der Waals surface area contributed by atoms with Crippen molar-refractivity contribution >= 4 is 21.4 Å². The molecule has 7 nitrogen and oxygen atoms in total. The summed E-state index contributed by atoms with van der Waals surface area (Å²) in [5.41, 5.74) is 8.46. The Hall–Kier alpha value is -2.45. The number of nitrogens with two attached hydrogens (primary N) is 1. The molecule has 1 amide bonds. The third-order valence-corrected chi connectivity index (χ3v) is 4.82. The molecule has 0 saturated heterocycles. The van der Waals surface area contributed by atoms with E-state index in [0.717, 1.165) is 11.8 Å². The molecule has 1 aromatic carbocycles. The van der Waals surface area contributed by atoms with E-state index in [4.69, 9.17) is 10.5 Å². The molecule has 1 unspecified atom stereocenters. The van der Waals surface area contributed by atoms with Crippen LogP contribution >= 0.6 is 0 Å². The number of pyridine rings is 1. The summed E-state index contributed by atoms with van der Waals surface area (Å²) in [5.74, 6) is 0.480. The van der Waals surface area contributed by atoms with Crippen LogP contribution in [0.2, 0.25) is 0 Å². The molecule has 1 atom stereocenters. The van der Waals surface area contributed by atoms with Crippen LogP contribution in [0, 0.1) is 13.8 Å². The predicted octanol–water partition coefficient (Wildman–Crippen LogP) is 2.19. The Bertz CT molecular complexity index is 880. The zero-order chi connectivity index (χ0) is 19.3. The molecule has 0 radical (unpaired) electrons. The number of carbonyl (C=O) groups is 1. The van der Waals surface area contributed by atoms with E-state index in [1.54, 1.807) is 12.1 Å². The van der Waals surface area contributed by atoms with Crippen molar-refractivity contribution in [1.29, 1.82) is 0 Å². The fourth-order valence-electron chi connectivity index (χ4n) is 2.12. The fraction of sp³-hybridized carbons (Fsp3) is 0.333. The molecule has 0 fully saturated rings. The third kappa shape index (κ3) is 6.12. The van der Waals surface area contributed by atoms with Crippen molar-refractivity contribution in [2.24, 2.45) is 5.73 Å². The number of sulfone groups is 1. The first-order chi connectivity index (χ1) is 12.1. The molecule has 0 bridgehead atoms. The number of amides is 1. The monoisotopic (exact) mass is 377 g/mol. The first-order valence-corrected chi connectivity index (χ1v) is 10.2. The molecule has 0 aliphatic rings. The van der Waals surface area contributed by atoms with Gasteiger partial charge in [0.1, 0.15) is 15.6 Å². The van der Waals surface area contributed by atoms with Gasteiger partial charge in [-0.2, -0.15) is 0 Å². The molecule has 2 aromatic rings. The van der Waals surface area contributed by atoms with Gasteiger partial charge in [0.15, 0.2) is 0 Å². The van der Waals surface area contributed by atoms with E-state index in [1.165, 1.54) is 11.8 Å². The Morgan fingerprint density at radius 2 is 1.96 bits per heavy atom. The van der Waals surface area contributed by atoms with Crippen molar-refractivity contribution in [1.82, 2.24) is 4.98 Å². The summed E-state index contributed by atoms with van der Waals surface area (Å²) < 4.78 is 27.9. The van der Waals surface area contributed by atoms with Gasteiger partial charge in [-0.25, -0.2) is 13.4 Å². The van der Waals surface area contributed by atoms with Gasteiger partial charge in [-0.3, -0.25) is 4.79 Å². The first kappa shape index (κ1) is 19.9. The number of hydrogen-bond donors (Lipinski definition) is 2. The first-order valence-electron chi connectivity index (χ1n) is 8.09. The highest BCUT2D eigenvalue weighted by atomic mass is 32.2. The Morgan fingerprint density at radius 3 is 2.54 bits per heavy atom. The van der Waals surface area contributed by atoms with Crippen LogP contribution in [-0.2, 0) is 14.6 Å². The Labute approximate surface area is 153 Å². The van der Waals surface area contributed by atoms with Gasteiger partial charge >= 0.3 is 0 Å². The van der Waals surface area contributed by atoms with E-state index in [-0.39, 0.29) is 12.2 Å². The largest absolute Gasteiger partial charge is 0.439 e. The van der Waals surface area contributed by atoms with Crippen LogP contribution in [-0.4, -0.2) is 37.4 Å². The molecule has 26 heavy (non-hydrogen) atoms. The van der Waals surface area contributed by atoms with E-state index in [0.29, 0.717) is 17.3 Å². The molecule has 1 heterocycles. The van der Waals surface area contributed by atoms with Gasteiger partial charge in [0.2, 0.25) is 11.8 Å². The Morgan fingerprint density at radius 1 is 1.23 bits per heavy atom. The van der Waals surface area contributed by atoms with E-state index in [1.807, 2.05) is 32.0 Å². The second kappa shape index (κ2) is 8.29. The standard InChI is InChI=1S/C18H23N3O4S/c1-12-4-6-15(10-13(12)2)25-17-7-5-14(11-20-17)21-18(22)16(19)8-9-26(3,23)24/h4-7,10-11,16H,8-9,19H2,1-3H3,(H,21,22). The number of hydrogen-bond acceptors (Lipinski definition) is 6. The van der Waals surface area contributed by atoms with Crippen molar-refractivity contribution in [3.05, 3.63) is 47.7 Å². The van der Waals surface area contributed by atoms with Crippen molar-refractivity contribution < 1.29 is 17.9 Å². The Balaban J connectivity index is 1.94. The second-order valence-corrected chi connectivity index (χ2v) is 8.51. The van der Waals surface area contributed by atoms with Gasteiger partial charge in [0, 0.05) is 12.3 Å². The number of nitrogens with zero attached hydrogens (tertiary/aromatic N) is 1. The summed E-state index contributed by atoms with van der Waals surface area (Å²) in [5, 5.41) is 2.61. The molecule has 140 valence electrons. The molecule has 1 aromatic heterocycles. The summed E-state index contributed by atoms with van der Waals surface area (Å²) >= 11 is 0. The van der Waals surface area contributed by atoms with Crippen LogP contribution < -0.4 is 15.8 Å². The summed E-state index contributed by atoms with van der Waals surface area (Å²) in [6.45, 7) is 4.02. The average molecular weight is 377 g/mol. The van der Waals surface area contributed by atoms with Crippen molar-refractivity contribution in [3.8, 4) is 11.6 Å². The number of anilines is 1. The number of nitrogens with one attached hydrogen (secondary N) is 1. The minimum Gasteiger partial charge on any atom is -0.439 e. The van der Waals surface area contributed by atoms with Crippen LogP contribution in [0.4, 0.5) is 5.69 Å². The normalized spacial score (nSPS) is 12.5. The molecule has 8 heteroatoms. The van der Waals surface area contributed by atoms with Crippen LogP contribution in [0.15, 0.2) is 36.5 Å². The van der Waals surface area contributed by atoms with Gasteiger partial charge in [-0.1, -0.05) is 6.07 Å². The van der Waals surface area contributed by atoms with Gasteiger partial charge in [0.25, 0.3) is 0 Å². The maximum Gasteiger partial charge on any atom is 0.241 e. The summed E-state index contributed by atoms with van der Waals surface area (Å²) in [6, 6.07) is 8.12. The van der Waals surface area contributed by atoms with E-state index < -0.39 is 21.8 Å². The smallest absolute Gasteiger partial charge is 0.241 e. The fourth-order valence-corrected chi connectivity index (χ4v) is 2.80. The topological polar surface area (TPSA) is 111 Å². The lowest BCUT2D eigenvalue weighted by molar-refractivity contribution is -0.117. The summed E-state index contributed by atoms with van der Waals surface area (Å²) in [7, 11) is -3.16. The maximum atomic E-state index is 12.0. The van der Waals surface area contributed by atoms with Crippen LogP contribution in [0.5, 0.6) is 11.6 Å². The van der Waals surface area contributed by atoms with Crippen LogP contribution in [0.1, 0.15) is 17.5 Å². The highest BCUT2D eigenvalue weighted by Crippen LogP contribution is 2.23. The highest BCUT2D eigenvalue weighted by Gasteiger charge is 2.16. The molecule has 3 N–H and O–H groups in total. The van der Waals surface area contributed by atoms with Crippen LogP contribution in [0.3, 0.4) is 0 Å². The van der Waals surface area contributed by atoms with Gasteiger partial charge in [-0.15, -0.1) is 0 Å². The number of carbonyl (C=O) groups excluding carboxylic acids is 1. The van der Waals surface area contributed by atoms with Gasteiger partial charge in [0.05, 0.1) is 23.7 Å². The van der Waals surface area contributed by atoms with Crippen molar-refractivity contribution in [2.45, 2.75) is 26.3 Å². The third-order valence-electron chi connectivity index (χ3n) is 3.84. The number of ether oxygens (including phenoxy) is 1. The summed E-state index contributed by atoms with van der Waals surface area (Å²) in [6.07, 6.45) is 2.62. The molecule has 2 rings (SSSR count). The molecular weight excluding hydrogens is 354 g/mol. The minimum absolute atomic E-state index is 0.0616. The predicted molar refractivity (Wildman–Crippen MR) is 101 cm³/mol. The van der Waals surface area contributed by atoms with Gasteiger partial charge in [-0.05, 0) is 49.6 Å². The molecule has 0 saturated carbocycles. The van der Waals surface area contributed by atoms with E-state index in [9.17, 15) is 13.2 Å². The highest BCUT2D eigenvalue weighted by molar-refractivity contribution is 7.90. The molecule has 0 aliphatic heterocycles. The lowest BCUT2D eigenvalue weighted by Gasteiger charge is -2.12. The van der Waals surface area contributed by atoms with E-state index in [2.05, 4.69) is 10.3 Å². The maximum absolute atomic E-state index is 12.0. The quantitative estimate of drug-likeness (QED) is 0.765. The zero-order valence-electron chi connectivity index (χ0n) is 15.0. The summed E-state index contributed by atoms with van der Waals surface area (Å²) in [4.78, 5) is 16.1. The molecule has 0 aliphatic carbocycles. The second-order valence-electron chi connectivity index (χ2n) is 6.25. The SMILES string of the molecule is Cc1ccc(Oc2ccc(NC(=O)C(N)CCS(C)(=O)=O)cn2)cc1C. The lowest BCUT2D eigenvalue weighted by atomic mass is 10.1. The molecule has 0 spiro atoms.